The second-order valence-corrected chi connectivity index (χ2v) is 4.58. The summed E-state index contributed by atoms with van der Waals surface area (Å²) in [7, 11) is 0. The maximum Gasteiger partial charge on any atom is 0.255 e. The standard InChI is InChI=1S/C14H12ClFN2O/c1-8-2-4-10(15)13(6-8)18-14(19)9-3-5-11(16)12(17)7-9/h2-7H,17H2,1H3,(H,18,19). The molecule has 0 aliphatic carbocycles. The quantitative estimate of drug-likeness (QED) is 0.824. The van der Waals surface area contributed by atoms with E-state index in [2.05, 4.69) is 5.32 Å². The van der Waals surface area contributed by atoms with Crippen molar-refractivity contribution in [3.05, 3.63) is 58.4 Å². The molecule has 0 unspecified atom stereocenters. The smallest absolute Gasteiger partial charge is 0.255 e. The molecule has 1 amide bonds. The van der Waals surface area contributed by atoms with E-state index in [-0.39, 0.29) is 17.2 Å². The van der Waals surface area contributed by atoms with Crippen LogP contribution in [0.15, 0.2) is 36.4 Å². The third-order valence-electron chi connectivity index (χ3n) is 2.63. The van der Waals surface area contributed by atoms with Crippen LogP contribution in [0.5, 0.6) is 0 Å². The molecule has 98 valence electrons. The van der Waals surface area contributed by atoms with E-state index in [1.54, 1.807) is 12.1 Å². The number of benzene rings is 2. The highest BCUT2D eigenvalue weighted by Crippen LogP contribution is 2.23. The van der Waals surface area contributed by atoms with Crippen LogP contribution in [-0.4, -0.2) is 5.91 Å². The first-order valence-corrected chi connectivity index (χ1v) is 5.97. The van der Waals surface area contributed by atoms with Crippen LogP contribution in [0.3, 0.4) is 0 Å². The first-order chi connectivity index (χ1) is 8.97. The summed E-state index contributed by atoms with van der Waals surface area (Å²) in [6.07, 6.45) is 0. The van der Waals surface area contributed by atoms with Gasteiger partial charge in [0.25, 0.3) is 5.91 Å². The van der Waals surface area contributed by atoms with Crippen LogP contribution in [0, 0.1) is 12.7 Å². The predicted octanol–water partition coefficient (Wildman–Crippen LogP) is 3.62. The van der Waals surface area contributed by atoms with Gasteiger partial charge in [0.1, 0.15) is 5.82 Å². The minimum atomic E-state index is -0.551. The Bertz CT molecular complexity index is 643. The van der Waals surface area contributed by atoms with Gasteiger partial charge < -0.3 is 11.1 Å². The van der Waals surface area contributed by atoms with E-state index >= 15 is 0 Å². The van der Waals surface area contributed by atoms with Crippen molar-refractivity contribution in [2.75, 3.05) is 11.1 Å². The molecule has 0 spiro atoms. The van der Waals surface area contributed by atoms with E-state index in [0.717, 1.165) is 11.6 Å². The Labute approximate surface area is 115 Å². The number of carbonyl (C=O) groups is 1. The molecular formula is C14H12ClFN2O. The molecule has 0 aliphatic heterocycles. The van der Waals surface area contributed by atoms with Crippen molar-refractivity contribution in [2.24, 2.45) is 0 Å². The van der Waals surface area contributed by atoms with Crippen LogP contribution in [0.1, 0.15) is 15.9 Å². The van der Waals surface area contributed by atoms with E-state index in [1.165, 1.54) is 12.1 Å². The number of carbonyl (C=O) groups excluding carboxylic acids is 1. The van der Waals surface area contributed by atoms with Crippen molar-refractivity contribution in [2.45, 2.75) is 6.92 Å². The molecule has 0 aliphatic rings. The Hall–Kier alpha value is -2.07. The number of nitrogens with two attached hydrogens (primary N) is 1. The molecule has 0 bridgehead atoms. The van der Waals surface area contributed by atoms with Gasteiger partial charge >= 0.3 is 0 Å². The van der Waals surface area contributed by atoms with Crippen molar-refractivity contribution in [1.29, 1.82) is 0 Å². The van der Waals surface area contributed by atoms with E-state index in [1.807, 2.05) is 13.0 Å². The summed E-state index contributed by atoms with van der Waals surface area (Å²) in [5.41, 5.74) is 7.11. The number of anilines is 2. The van der Waals surface area contributed by atoms with Crippen LogP contribution >= 0.6 is 11.6 Å². The van der Waals surface area contributed by atoms with Crippen molar-refractivity contribution >= 4 is 28.9 Å². The lowest BCUT2D eigenvalue weighted by Gasteiger charge is -2.08. The third-order valence-corrected chi connectivity index (χ3v) is 2.96. The van der Waals surface area contributed by atoms with Gasteiger partial charge in [-0.2, -0.15) is 0 Å². The Morgan fingerprint density at radius 2 is 2.00 bits per heavy atom. The van der Waals surface area contributed by atoms with Gasteiger partial charge in [0.05, 0.1) is 16.4 Å². The number of aryl methyl sites for hydroxylation is 1. The zero-order chi connectivity index (χ0) is 14.0. The maximum atomic E-state index is 13.0. The van der Waals surface area contributed by atoms with E-state index in [9.17, 15) is 9.18 Å². The fourth-order valence-corrected chi connectivity index (χ4v) is 1.78. The lowest BCUT2D eigenvalue weighted by atomic mass is 10.1. The second-order valence-electron chi connectivity index (χ2n) is 4.17. The zero-order valence-electron chi connectivity index (χ0n) is 10.2. The lowest BCUT2D eigenvalue weighted by molar-refractivity contribution is 0.102. The van der Waals surface area contributed by atoms with Gasteiger partial charge in [0, 0.05) is 5.56 Å². The Morgan fingerprint density at radius 3 is 2.68 bits per heavy atom. The molecule has 3 nitrogen and oxygen atoms in total. The molecule has 2 aromatic carbocycles. The highest BCUT2D eigenvalue weighted by Gasteiger charge is 2.10. The normalized spacial score (nSPS) is 10.3. The predicted molar refractivity (Wildman–Crippen MR) is 75.0 cm³/mol. The minimum Gasteiger partial charge on any atom is -0.396 e. The fraction of sp³-hybridized carbons (Fsp3) is 0.0714. The van der Waals surface area contributed by atoms with Crippen molar-refractivity contribution in [3.63, 3.8) is 0 Å². The van der Waals surface area contributed by atoms with Gasteiger partial charge in [-0.25, -0.2) is 4.39 Å². The largest absolute Gasteiger partial charge is 0.396 e. The SMILES string of the molecule is Cc1ccc(Cl)c(NC(=O)c2ccc(F)c(N)c2)c1. The molecular weight excluding hydrogens is 267 g/mol. The number of nitrogens with one attached hydrogen (secondary N) is 1. The van der Waals surface area contributed by atoms with E-state index < -0.39 is 5.82 Å². The van der Waals surface area contributed by atoms with Crippen LogP contribution < -0.4 is 11.1 Å². The van der Waals surface area contributed by atoms with Gasteiger partial charge in [0.2, 0.25) is 0 Å². The third kappa shape index (κ3) is 3.03. The molecule has 0 radical (unpaired) electrons. The topological polar surface area (TPSA) is 55.1 Å². The summed E-state index contributed by atoms with van der Waals surface area (Å²) in [5.74, 6) is -0.940. The monoisotopic (exact) mass is 278 g/mol. The fourth-order valence-electron chi connectivity index (χ4n) is 1.61. The summed E-state index contributed by atoms with van der Waals surface area (Å²) in [5, 5.41) is 3.10. The average Bonchev–Trinajstić information content (AvgIpc) is 2.37. The molecule has 0 heterocycles. The maximum absolute atomic E-state index is 13.0. The highest BCUT2D eigenvalue weighted by atomic mass is 35.5. The van der Waals surface area contributed by atoms with Gasteiger partial charge in [0.15, 0.2) is 0 Å². The summed E-state index contributed by atoms with van der Waals surface area (Å²) in [6, 6.07) is 9.10. The first kappa shape index (κ1) is 13.4. The van der Waals surface area contributed by atoms with Gasteiger partial charge in [-0.3, -0.25) is 4.79 Å². The zero-order valence-corrected chi connectivity index (χ0v) is 11.0. The molecule has 0 saturated heterocycles. The van der Waals surface area contributed by atoms with Crippen LogP contribution in [0.25, 0.3) is 0 Å². The molecule has 0 aromatic heterocycles. The minimum absolute atomic E-state index is 0.0667. The Balaban J connectivity index is 2.25. The van der Waals surface area contributed by atoms with Crippen molar-refractivity contribution in [3.8, 4) is 0 Å². The molecule has 19 heavy (non-hydrogen) atoms. The lowest BCUT2D eigenvalue weighted by Crippen LogP contribution is -2.13. The number of nitrogen functional groups attached to an aromatic ring is 1. The van der Waals surface area contributed by atoms with Crippen LogP contribution in [0.4, 0.5) is 15.8 Å². The Kier molecular flexibility index (Phi) is 3.71. The highest BCUT2D eigenvalue weighted by molar-refractivity contribution is 6.34. The van der Waals surface area contributed by atoms with Gasteiger partial charge in [-0.15, -0.1) is 0 Å². The molecule has 3 N–H and O–H groups in total. The van der Waals surface area contributed by atoms with Gasteiger partial charge in [-0.1, -0.05) is 17.7 Å². The van der Waals surface area contributed by atoms with Crippen molar-refractivity contribution < 1.29 is 9.18 Å². The van der Waals surface area contributed by atoms with E-state index in [0.29, 0.717) is 10.7 Å². The molecule has 2 rings (SSSR count). The molecule has 0 fully saturated rings. The molecule has 5 heteroatoms. The van der Waals surface area contributed by atoms with E-state index in [4.69, 9.17) is 17.3 Å². The number of hydrogen-bond donors (Lipinski definition) is 2. The molecule has 0 atom stereocenters. The first-order valence-electron chi connectivity index (χ1n) is 5.60. The summed E-state index contributed by atoms with van der Waals surface area (Å²) in [4.78, 5) is 12.0. The summed E-state index contributed by atoms with van der Waals surface area (Å²) >= 11 is 5.98. The number of hydrogen-bond acceptors (Lipinski definition) is 2. The van der Waals surface area contributed by atoms with Gasteiger partial charge in [-0.05, 0) is 42.8 Å². The average molecular weight is 279 g/mol. The van der Waals surface area contributed by atoms with Crippen LogP contribution in [0.2, 0.25) is 5.02 Å². The number of rotatable bonds is 2. The summed E-state index contributed by atoms with van der Waals surface area (Å²) in [6.45, 7) is 1.89. The Morgan fingerprint density at radius 1 is 1.26 bits per heavy atom. The molecule has 2 aromatic rings. The number of amides is 1. The van der Waals surface area contributed by atoms with Crippen molar-refractivity contribution in [1.82, 2.24) is 0 Å². The van der Waals surface area contributed by atoms with Crippen LogP contribution in [-0.2, 0) is 0 Å². The number of halogens is 2. The summed E-state index contributed by atoms with van der Waals surface area (Å²) < 4.78 is 13.0. The second kappa shape index (κ2) is 5.28. The molecule has 0 saturated carbocycles.